The molecule has 1 atom stereocenters. The summed E-state index contributed by atoms with van der Waals surface area (Å²) in [5.41, 5.74) is 4.20. The topological polar surface area (TPSA) is 12.0 Å². The summed E-state index contributed by atoms with van der Waals surface area (Å²) in [6, 6.07) is 13.9. The van der Waals surface area contributed by atoms with Crippen LogP contribution in [0.2, 0.25) is 0 Å². The van der Waals surface area contributed by atoms with E-state index in [1.165, 1.54) is 5.56 Å². The summed E-state index contributed by atoms with van der Waals surface area (Å²) >= 11 is 0. The van der Waals surface area contributed by atoms with Crippen LogP contribution in [0.5, 0.6) is 0 Å². The lowest BCUT2D eigenvalue weighted by Gasteiger charge is -2.14. The van der Waals surface area contributed by atoms with Crippen molar-refractivity contribution in [2.24, 2.45) is 0 Å². The molecule has 0 aliphatic heterocycles. The Kier molecular flexibility index (Phi) is 4.33. The van der Waals surface area contributed by atoms with Crippen molar-refractivity contribution in [2.75, 3.05) is 7.05 Å². The van der Waals surface area contributed by atoms with E-state index < -0.39 is 0 Å². The van der Waals surface area contributed by atoms with E-state index in [2.05, 4.69) is 36.5 Å². The lowest BCUT2D eigenvalue weighted by molar-refractivity contribution is 0.577. The molecule has 0 heterocycles. The van der Waals surface area contributed by atoms with Crippen LogP contribution in [0.15, 0.2) is 42.5 Å². The van der Waals surface area contributed by atoms with Crippen LogP contribution in [-0.4, -0.2) is 7.05 Å². The summed E-state index contributed by atoms with van der Waals surface area (Å²) in [5, 5.41) is 3.29. The molecule has 0 saturated heterocycles. The van der Waals surface area contributed by atoms with Crippen LogP contribution in [0.1, 0.15) is 30.5 Å². The lowest BCUT2D eigenvalue weighted by Crippen LogP contribution is -2.14. The second kappa shape index (κ2) is 5.98. The molecular formula is C17H20FN. The highest BCUT2D eigenvalue weighted by atomic mass is 19.1. The van der Waals surface area contributed by atoms with Crippen molar-refractivity contribution in [3.63, 3.8) is 0 Å². The Morgan fingerprint density at radius 2 is 1.74 bits per heavy atom. The van der Waals surface area contributed by atoms with E-state index in [0.29, 0.717) is 6.04 Å². The van der Waals surface area contributed by atoms with Gasteiger partial charge in [-0.25, -0.2) is 4.39 Å². The van der Waals surface area contributed by atoms with Gasteiger partial charge in [0, 0.05) is 6.04 Å². The van der Waals surface area contributed by atoms with Gasteiger partial charge in [-0.2, -0.15) is 0 Å². The molecule has 100 valence electrons. The molecule has 2 aromatic carbocycles. The van der Waals surface area contributed by atoms with E-state index in [4.69, 9.17) is 0 Å². The predicted octanol–water partition coefficient (Wildman–Crippen LogP) is 4.47. The van der Waals surface area contributed by atoms with E-state index in [-0.39, 0.29) is 5.82 Å². The van der Waals surface area contributed by atoms with E-state index in [9.17, 15) is 4.39 Å². The summed E-state index contributed by atoms with van der Waals surface area (Å²) in [6.45, 7) is 4.07. The third-order valence-corrected chi connectivity index (χ3v) is 3.45. The van der Waals surface area contributed by atoms with Crippen molar-refractivity contribution in [2.45, 2.75) is 26.3 Å². The minimum absolute atomic E-state index is 0.180. The smallest absolute Gasteiger partial charge is 0.124 e. The predicted molar refractivity (Wildman–Crippen MR) is 78.7 cm³/mol. The van der Waals surface area contributed by atoms with Crippen molar-refractivity contribution >= 4 is 0 Å². The average molecular weight is 257 g/mol. The summed E-state index contributed by atoms with van der Waals surface area (Å²) < 4.78 is 13.4. The molecular weight excluding hydrogens is 237 g/mol. The molecule has 0 aromatic heterocycles. The Morgan fingerprint density at radius 1 is 1.05 bits per heavy atom. The second-order valence-corrected chi connectivity index (χ2v) is 4.89. The molecule has 0 amide bonds. The minimum Gasteiger partial charge on any atom is -0.313 e. The molecule has 1 N–H and O–H groups in total. The largest absolute Gasteiger partial charge is 0.313 e. The normalized spacial score (nSPS) is 12.4. The number of benzene rings is 2. The zero-order valence-electron chi connectivity index (χ0n) is 11.7. The zero-order chi connectivity index (χ0) is 13.8. The second-order valence-electron chi connectivity index (χ2n) is 4.89. The highest BCUT2D eigenvalue weighted by Gasteiger charge is 2.07. The van der Waals surface area contributed by atoms with Crippen LogP contribution in [0.4, 0.5) is 4.39 Å². The number of halogens is 1. The Hall–Kier alpha value is -1.67. The lowest BCUT2D eigenvalue weighted by atomic mass is 9.98. The van der Waals surface area contributed by atoms with Crippen LogP contribution in [-0.2, 0) is 0 Å². The van der Waals surface area contributed by atoms with Crippen molar-refractivity contribution in [1.82, 2.24) is 5.32 Å². The molecule has 0 bridgehead atoms. The molecule has 1 nitrogen and oxygen atoms in total. The standard InChI is InChI=1S/C17H20FN/c1-4-17(19-3)14-7-5-13(6-8-14)15-9-12(2)10-16(18)11-15/h5-11,17,19H,4H2,1-3H3. The van der Waals surface area contributed by atoms with Crippen molar-refractivity contribution in [1.29, 1.82) is 0 Å². The van der Waals surface area contributed by atoms with Gasteiger partial charge in [-0.15, -0.1) is 0 Å². The molecule has 0 aliphatic rings. The molecule has 1 unspecified atom stereocenters. The molecule has 2 aromatic rings. The molecule has 2 heteroatoms. The molecule has 0 saturated carbocycles. The van der Waals surface area contributed by atoms with Crippen LogP contribution in [0.25, 0.3) is 11.1 Å². The number of hydrogen-bond acceptors (Lipinski definition) is 1. The SMILES string of the molecule is CCC(NC)c1ccc(-c2cc(C)cc(F)c2)cc1. The first-order chi connectivity index (χ1) is 9.13. The fourth-order valence-corrected chi connectivity index (χ4v) is 2.42. The maximum atomic E-state index is 13.4. The van der Waals surface area contributed by atoms with Gasteiger partial charge in [0.2, 0.25) is 0 Å². The number of hydrogen-bond donors (Lipinski definition) is 1. The summed E-state index contributed by atoms with van der Waals surface area (Å²) in [4.78, 5) is 0. The van der Waals surface area contributed by atoms with Gasteiger partial charge in [0.1, 0.15) is 5.82 Å². The van der Waals surface area contributed by atoms with Gasteiger partial charge in [-0.05, 0) is 54.8 Å². The minimum atomic E-state index is -0.180. The average Bonchev–Trinajstić information content (AvgIpc) is 2.40. The first kappa shape index (κ1) is 13.8. The van der Waals surface area contributed by atoms with Crippen LogP contribution >= 0.6 is 0 Å². The zero-order valence-corrected chi connectivity index (χ0v) is 11.7. The van der Waals surface area contributed by atoms with Gasteiger partial charge in [0.25, 0.3) is 0 Å². The Bertz CT molecular complexity index is 521. The van der Waals surface area contributed by atoms with Crippen LogP contribution in [0, 0.1) is 12.7 Å². The molecule has 0 radical (unpaired) electrons. The van der Waals surface area contributed by atoms with Gasteiger partial charge in [-0.1, -0.05) is 37.3 Å². The fourth-order valence-electron chi connectivity index (χ4n) is 2.42. The Morgan fingerprint density at radius 3 is 2.26 bits per heavy atom. The first-order valence-electron chi connectivity index (χ1n) is 6.69. The third kappa shape index (κ3) is 3.21. The third-order valence-electron chi connectivity index (χ3n) is 3.45. The molecule has 0 aliphatic carbocycles. The van der Waals surface area contributed by atoms with E-state index in [0.717, 1.165) is 23.1 Å². The highest BCUT2D eigenvalue weighted by Crippen LogP contribution is 2.24. The van der Waals surface area contributed by atoms with Crippen molar-refractivity contribution in [3.8, 4) is 11.1 Å². The maximum absolute atomic E-state index is 13.4. The number of rotatable bonds is 4. The van der Waals surface area contributed by atoms with Crippen LogP contribution < -0.4 is 5.32 Å². The van der Waals surface area contributed by atoms with E-state index >= 15 is 0 Å². The van der Waals surface area contributed by atoms with Gasteiger partial charge in [0.15, 0.2) is 0 Å². The van der Waals surface area contributed by atoms with Gasteiger partial charge in [0.05, 0.1) is 0 Å². The highest BCUT2D eigenvalue weighted by molar-refractivity contribution is 5.64. The Balaban J connectivity index is 2.32. The molecule has 19 heavy (non-hydrogen) atoms. The Labute approximate surface area is 114 Å². The summed E-state index contributed by atoms with van der Waals surface area (Å²) in [7, 11) is 1.97. The van der Waals surface area contributed by atoms with Crippen molar-refractivity contribution in [3.05, 3.63) is 59.4 Å². The van der Waals surface area contributed by atoms with Gasteiger partial charge in [-0.3, -0.25) is 0 Å². The maximum Gasteiger partial charge on any atom is 0.124 e. The number of aryl methyl sites for hydroxylation is 1. The van der Waals surface area contributed by atoms with Gasteiger partial charge < -0.3 is 5.32 Å². The van der Waals surface area contributed by atoms with Crippen molar-refractivity contribution < 1.29 is 4.39 Å². The molecule has 0 spiro atoms. The number of nitrogens with one attached hydrogen (secondary N) is 1. The van der Waals surface area contributed by atoms with Gasteiger partial charge >= 0.3 is 0 Å². The van der Waals surface area contributed by atoms with E-state index in [1.807, 2.05) is 20.0 Å². The van der Waals surface area contributed by atoms with Crippen LogP contribution in [0.3, 0.4) is 0 Å². The first-order valence-corrected chi connectivity index (χ1v) is 6.69. The fraction of sp³-hybridized carbons (Fsp3) is 0.294. The molecule has 2 rings (SSSR count). The monoisotopic (exact) mass is 257 g/mol. The quantitative estimate of drug-likeness (QED) is 0.852. The summed E-state index contributed by atoms with van der Waals surface area (Å²) in [6.07, 6.45) is 1.05. The summed E-state index contributed by atoms with van der Waals surface area (Å²) in [5.74, 6) is -0.180. The molecule has 0 fully saturated rings. The van der Waals surface area contributed by atoms with E-state index in [1.54, 1.807) is 12.1 Å².